The molecular weight excluding hydrogens is 184 g/mol. The number of nitrogens with two attached hydrogens (primary N) is 1. The summed E-state index contributed by atoms with van der Waals surface area (Å²) in [4.78, 5) is 2.49. The summed E-state index contributed by atoms with van der Waals surface area (Å²) >= 11 is 0. The molecule has 1 aromatic carbocycles. The van der Waals surface area contributed by atoms with Gasteiger partial charge in [0.25, 0.3) is 0 Å². The number of nitrogens with zero attached hydrogens (tertiary/aromatic N) is 1. The molecule has 1 aliphatic heterocycles. The minimum Gasteiger partial charge on any atom is -0.371 e. The number of hydrogen-bond donors (Lipinski definition) is 1. The molecule has 2 N–H and O–H groups in total. The van der Waals surface area contributed by atoms with Crippen LogP contribution in [0.4, 0.5) is 5.69 Å². The summed E-state index contributed by atoms with van der Waals surface area (Å²) in [5.41, 5.74) is 8.47. The van der Waals surface area contributed by atoms with Crippen LogP contribution in [0.1, 0.15) is 18.4 Å². The van der Waals surface area contributed by atoms with Crippen molar-refractivity contribution in [2.45, 2.75) is 19.8 Å². The Morgan fingerprint density at radius 1 is 1.27 bits per heavy atom. The Balaban J connectivity index is 2.04. The van der Waals surface area contributed by atoms with Crippen LogP contribution in [-0.4, -0.2) is 19.6 Å². The molecule has 2 heteroatoms. The molecule has 0 atom stereocenters. The summed E-state index contributed by atoms with van der Waals surface area (Å²) < 4.78 is 0. The first-order valence-corrected chi connectivity index (χ1v) is 5.82. The summed E-state index contributed by atoms with van der Waals surface area (Å²) in [6.45, 7) is 5.35. The lowest BCUT2D eigenvalue weighted by atomic mass is 9.96. The molecule has 1 saturated heterocycles. The molecule has 0 aromatic heterocycles. The number of piperidine rings is 1. The maximum Gasteiger partial charge on any atom is 0.0395 e. The molecule has 15 heavy (non-hydrogen) atoms. The van der Waals surface area contributed by atoms with Crippen LogP contribution < -0.4 is 10.6 Å². The van der Waals surface area contributed by atoms with E-state index in [9.17, 15) is 0 Å². The normalized spacial score (nSPS) is 18.1. The fourth-order valence-corrected chi connectivity index (χ4v) is 2.33. The van der Waals surface area contributed by atoms with Gasteiger partial charge >= 0.3 is 0 Å². The van der Waals surface area contributed by atoms with E-state index in [0.717, 1.165) is 25.6 Å². The zero-order chi connectivity index (χ0) is 10.7. The van der Waals surface area contributed by atoms with Gasteiger partial charge in [0, 0.05) is 18.8 Å². The number of benzene rings is 1. The van der Waals surface area contributed by atoms with E-state index >= 15 is 0 Å². The van der Waals surface area contributed by atoms with Gasteiger partial charge in [-0.15, -0.1) is 0 Å². The molecule has 0 spiro atoms. The topological polar surface area (TPSA) is 29.3 Å². The first-order valence-electron chi connectivity index (χ1n) is 5.82. The first-order chi connectivity index (χ1) is 7.31. The van der Waals surface area contributed by atoms with Crippen LogP contribution in [0.5, 0.6) is 0 Å². The Morgan fingerprint density at radius 2 is 1.93 bits per heavy atom. The second-order valence-electron chi connectivity index (χ2n) is 4.45. The fourth-order valence-electron chi connectivity index (χ4n) is 2.33. The molecule has 0 bridgehead atoms. The predicted octanol–water partition coefficient (Wildman–Crippen LogP) is 2.17. The molecule has 0 unspecified atom stereocenters. The third-order valence-electron chi connectivity index (χ3n) is 3.40. The summed E-state index contributed by atoms with van der Waals surface area (Å²) in [5, 5.41) is 0. The van der Waals surface area contributed by atoms with Gasteiger partial charge in [0.2, 0.25) is 0 Å². The van der Waals surface area contributed by atoms with Gasteiger partial charge < -0.3 is 10.6 Å². The first kappa shape index (κ1) is 10.5. The zero-order valence-electron chi connectivity index (χ0n) is 9.45. The number of aryl methyl sites for hydroxylation is 1. The SMILES string of the molecule is Cc1ccccc1N1CCC(CN)CC1. The average Bonchev–Trinajstić information content (AvgIpc) is 2.30. The van der Waals surface area contributed by atoms with Crippen LogP contribution in [0.15, 0.2) is 24.3 Å². The van der Waals surface area contributed by atoms with Crippen molar-refractivity contribution in [1.29, 1.82) is 0 Å². The third kappa shape index (κ3) is 2.32. The Morgan fingerprint density at radius 3 is 2.53 bits per heavy atom. The smallest absolute Gasteiger partial charge is 0.0395 e. The minimum atomic E-state index is 0.741. The summed E-state index contributed by atoms with van der Waals surface area (Å²) in [6.07, 6.45) is 2.48. The summed E-state index contributed by atoms with van der Waals surface area (Å²) in [6, 6.07) is 8.63. The van der Waals surface area contributed by atoms with Crippen molar-refractivity contribution in [2.75, 3.05) is 24.5 Å². The van der Waals surface area contributed by atoms with E-state index < -0.39 is 0 Å². The molecule has 0 aliphatic carbocycles. The van der Waals surface area contributed by atoms with Gasteiger partial charge in [-0.25, -0.2) is 0 Å². The predicted molar refractivity (Wildman–Crippen MR) is 65.2 cm³/mol. The summed E-state index contributed by atoms with van der Waals surface area (Å²) in [5.74, 6) is 0.741. The lowest BCUT2D eigenvalue weighted by molar-refractivity contribution is 0.414. The van der Waals surface area contributed by atoms with Crippen LogP contribution in [-0.2, 0) is 0 Å². The van der Waals surface area contributed by atoms with Crippen LogP contribution in [0, 0.1) is 12.8 Å². The van der Waals surface area contributed by atoms with Crippen molar-refractivity contribution in [3.8, 4) is 0 Å². The van der Waals surface area contributed by atoms with E-state index in [0.29, 0.717) is 0 Å². The highest BCUT2D eigenvalue weighted by molar-refractivity contribution is 5.53. The van der Waals surface area contributed by atoms with Gasteiger partial charge in [0.15, 0.2) is 0 Å². The van der Waals surface area contributed by atoms with Gasteiger partial charge in [-0.05, 0) is 43.9 Å². The Labute approximate surface area is 92.1 Å². The maximum atomic E-state index is 5.70. The van der Waals surface area contributed by atoms with E-state index in [1.807, 2.05) is 0 Å². The van der Waals surface area contributed by atoms with Gasteiger partial charge in [-0.3, -0.25) is 0 Å². The highest BCUT2D eigenvalue weighted by Gasteiger charge is 2.18. The largest absolute Gasteiger partial charge is 0.371 e. The second-order valence-corrected chi connectivity index (χ2v) is 4.45. The van der Waals surface area contributed by atoms with E-state index in [1.165, 1.54) is 24.1 Å². The molecule has 0 radical (unpaired) electrons. The molecule has 1 aromatic rings. The molecule has 0 amide bonds. The molecule has 0 saturated carbocycles. The number of hydrogen-bond acceptors (Lipinski definition) is 2. The molecular formula is C13H20N2. The Hall–Kier alpha value is -1.02. The molecule has 1 aliphatic rings. The highest BCUT2D eigenvalue weighted by atomic mass is 15.1. The molecule has 2 rings (SSSR count). The third-order valence-corrected chi connectivity index (χ3v) is 3.40. The van der Waals surface area contributed by atoms with Crippen LogP contribution in [0.25, 0.3) is 0 Å². The van der Waals surface area contributed by atoms with Gasteiger partial charge in [-0.1, -0.05) is 18.2 Å². The van der Waals surface area contributed by atoms with Gasteiger partial charge in [0.1, 0.15) is 0 Å². The quantitative estimate of drug-likeness (QED) is 0.800. The van der Waals surface area contributed by atoms with E-state index in [1.54, 1.807) is 0 Å². The van der Waals surface area contributed by atoms with Crippen molar-refractivity contribution in [3.63, 3.8) is 0 Å². The molecule has 1 heterocycles. The lowest BCUT2D eigenvalue weighted by Crippen LogP contribution is -2.36. The maximum absolute atomic E-state index is 5.70. The van der Waals surface area contributed by atoms with Gasteiger partial charge in [0.05, 0.1) is 0 Å². The van der Waals surface area contributed by atoms with E-state index in [2.05, 4.69) is 36.1 Å². The molecule has 82 valence electrons. The Bertz CT molecular complexity index is 314. The standard InChI is InChI=1S/C13H20N2/c1-11-4-2-3-5-13(11)15-8-6-12(10-14)7-9-15/h2-5,12H,6-10,14H2,1H3. The lowest BCUT2D eigenvalue weighted by Gasteiger charge is -2.34. The number of rotatable bonds is 2. The molecule has 2 nitrogen and oxygen atoms in total. The highest BCUT2D eigenvalue weighted by Crippen LogP contribution is 2.25. The second kappa shape index (κ2) is 4.67. The zero-order valence-corrected chi connectivity index (χ0v) is 9.45. The van der Waals surface area contributed by atoms with E-state index in [4.69, 9.17) is 5.73 Å². The molecule has 1 fully saturated rings. The van der Waals surface area contributed by atoms with E-state index in [-0.39, 0.29) is 0 Å². The van der Waals surface area contributed by atoms with Crippen molar-refractivity contribution >= 4 is 5.69 Å². The number of anilines is 1. The van der Waals surface area contributed by atoms with Crippen LogP contribution in [0.3, 0.4) is 0 Å². The average molecular weight is 204 g/mol. The summed E-state index contributed by atoms with van der Waals surface area (Å²) in [7, 11) is 0. The van der Waals surface area contributed by atoms with Crippen molar-refractivity contribution in [1.82, 2.24) is 0 Å². The minimum absolute atomic E-state index is 0.741. The van der Waals surface area contributed by atoms with Gasteiger partial charge in [-0.2, -0.15) is 0 Å². The van der Waals surface area contributed by atoms with Crippen LogP contribution >= 0.6 is 0 Å². The Kier molecular flexibility index (Phi) is 3.27. The number of para-hydroxylation sites is 1. The monoisotopic (exact) mass is 204 g/mol. The fraction of sp³-hybridized carbons (Fsp3) is 0.538. The van der Waals surface area contributed by atoms with Crippen molar-refractivity contribution in [2.24, 2.45) is 11.7 Å². The van der Waals surface area contributed by atoms with Crippen molar-refractivity contribution in [3.05, 3.63) is 29.8 Å². The van der Waals surface area contributed by atoms with Crippen molar-refractivity contribution < 1.29 is 0 Å². The van der Waals surface area contributed by atoms with Crippen LogP contribution in [0.2, 0.25) is 0 Å².